The van der Waals surface area contributed by atoms with E-state index in [1.54, 1.807) is 0 Å². The van der Waals surface area contributed by atoms with E-state index in [1.807, 2.05) is 13.0 Å². The number of primary amides is 1. The summed E-state index contributed by atoms with van der Waals surface area (Å²) in [7, 11) is 0. The zero-order valence-electron chi connectivity index (χ0n) is 11.5. The molecule has 1 aromatic heterocycles. The number of anilines is 1. The Bertz CT molecular complexity index is 505. The van der Waals surface area contributed by atoms with Crippen molar-refractivity contribution < 1.29 is 4.79 Å². The summed E-state index contributed by atoms with van der Waals surface area (Å²) in [6, 6.07) is 1.89. The van der Waals surface area contributed by atoms with Crippen LogP contribution in [0.25, 0.3) is 0 Å². The summed E-state index contributed by atoms with van der Waals surface area (Å²) in [6.07, 6.45) is 0.765. The molecule has 1 fully saturated rings. The van der Waals surface area contributed by atoms with Gasteiger partial charge in [-0.15, -0.1) is 0 Å². The molecule has 0 saturated carbocycles. The summed E-state index contributed by atoms with van der Waals surface area (Å²) in [5.41, 5.74) is 5.01. The molecule has 1 aliphatic rings. The van der Waals surface area contributed by atoms with Gasteiger partial charge in [0, 0.05) is 25.1 Å². The Labute approximate surface area is 121 Å². The third-order valence-electron chi connectivity index (χ3n) is 3.61. The van der Waals surface area contributed by atoms with E-state index in [4.69, 9.17) is 5.73 Å². The first-order valence-electron chi connectivity index (χ1n) is 6.41. The van der Waals surface area contributed by atoms with Crippen molar-refractivity contribution in [3.05, 3.63) is 16.5 Å². The molecule has 0 spiro atoms. The summed E-state index contributed by atoms with van der Waals surface area (Å²) < 4.78 is 0.772. The summed E-state index contributed by atoms with van der Waals surface area (Å²) >= 11 is 3.42. The Kier molecular flexibility index (Phi) is 3.80. The monoisotopic (exact) mass is 326 g/mol. The highest BCUT2D eigenvalue weighted by molar-refractivity contribution is 9.10. The summed E-state index contributed by atoms with van der Waals surface area (Å²) in [5.74, 6) is 1.68. The molecule has 1 saturated heterocycles. The number of aromatic nitrogens is 2. The second kappa shape index (κ2) is 5.07. The van der Waals surface area contributed by atoms with Gasteiger partial charge in [-0.2, -0.15) is 0 Å². The maximum atomic E-state index is 11.5. The summed E-state index contributed by atoms with van der Waals surface area (Å²) in [5, 5.41) is 0. The number of nitrogens with zero attached hydrogens (tertiary/aromatic N) is 3. The van der Waals surface area contributed by atoms with Gasteiger partial charge in [0.05, 0.1) is 5.41 Å². The van der Waals surface area contributed by atoms with E-state index in [1.165, 1.54) is 0 Å². The van der Waals surface area contributed by atoms with Crippen molar-refractivity contribution in [2.24, 2.45) is 11.1 Å². The average molecular weight is 327 g/mol. The zero-order valence-corrected chi connectivity index (χ0v) is 13.1. The molecule has 1 aliphatic heterocycles. The van der Waals surface area contributed by atoms with Crippen molar-refractivity contribution in [2.45, 2.75) is 33.1 Å². The Hall–Kier alpha value is -1.17. The molecule has 1 amide bonds. The van der Waals surface area contributed by atoms with Crippen LogP contribution in [0.1, 0.15) is 38.9 Å². The standard InChI is InChI=1S/C13H19BrN4O/c1-8(2)11-16-9(14)6-10(17-11)18-5-4-13(3,7-18)12(15)19/h6,8H,4-5,7H2,1-3H3,(H2,15,19). The molecule has 0 radical (unpaired) electrons. The second-order valence-corrected chi connectivity index (χ2v) is 6.47. The molecule has 0 aliphatic carbocycles. The van der Waals surface area contributed by atoms with Crippen molar-refractivity contribution in [2.75, 3.05) is 18.0 Å². The predicted molar refractivity (Wildman–Crippen MR) is 78.0 cm³/mol. The van der Waals surface area contributed by atoms with Crippen LogP contribution in [0.3, 0.4) is 0 Å². The first-order chi connectivity index (χ1) is 8.82. The summed E-state index contributed by atoms with van der Waals surface area (Å²) in [6.45, 7) is 7.44. The molecular weight excluding hydrogens is 308 g/mol. The molecular formula is C13H19BrN4O. The SMILES string of the molecule is CC(C)c1nc(Br)cc(N2CCC(C)(C(N)=O)C2)n1. The number of carbonyl (C=O) groups is 1. The number of hydrogen-bond donors (Lipinski definition) is 1. The van der Waals surface area contributed by atoms with Crippen molar-refractivity contribution in [3.8, 4) is 0 Å². The van der Waals surface area contributed by atoms with E-state index in [9.17, 15) is 4.79 Å². The molecule has 2 rings (SSSR count). The van der Waals surface area contributed by atoms with Gasteiger partial charge in [0.15, 0.2) is 0 Å². The van der Waals surface area contributed by atoms with Crippen LogP contribution in [0.2, 0.25) is 0 Å². The molecule has 0 aromatic carbocycles. The van der Waals surface area contributed by atoms with Gasteiger partial charge >= 0.3 is 0 Å². The maximum absolute atomic E-state index is 11.5. The van der Waals surface area contributed by atoms with Gasteiger partial charge in [0.1, 0.15) is 16.2 Å². The van der Waals surface area contributed by atoms with E-state index in [0.717, 1.165) is 29.2 Å². The molecule has 2 N–H and O–H groups in total. The van der Waals surface area contributed by atoms with Gasteiger partial charge in [-0.25, -0.2) is 9.97 Å². The maximum Gasteiger partial charge on any atom is 0.225 e. The van der Waals surface area contributed by atoms with Crippen LogP contribution in [0.4, 0.5) is 5.82 Å². The Morgan fingerprint density at radius 1 is 1.53 bits per heavy atom. The number of halogens is 1. The van der Waals surface area contributed by atoms with E-state index in [0.29, 0.717) is 6.54 Å². The van der Waals surface area contributed by atoms with Gasteiger partial charge in [0.2, 0.25) is 5.91 Å². The highest BCUT2D eigenvalue weighted by Gasteiger charge is 2.39. The minimum Gasteiger partial charge on any atom is -0.369 e. The van der Waals surface area contributed by atoms with Crippen LogP contribution in [-0.4, -0.2) is 29.0 Å². The lowest BCUT2D eigenvalue weighted by Gasteiger charge is -2.22. The lowest BCUT2D eigenvalue weighted by atomic mass is 9.89. The van der Waals surface area contributed by atoms with Crippen molar-refractivity contribution in [1.29, 1.82) is 0 Å². The van der Waals surface area contributed by atoms with Crippen molar-refractivity contribution >= 4 is 27.7 Å². The predicted octanol–water partition coefficient (Wildman–Crippen LogP) is 2.06. The van der Waals surface area contributed by atoms with E-state index < -0.39 is 5.41 Å². The molecule has 5 nitrogen and oxygen atoms in total. The van der Waals surface area contributed by atoms with Crippen LogP contribution in [0, 0.1) is 5.41 Å². The van der Waals surface area contributed by atoms with E-state index in [2.05, 4.69) is 44.6 Å². The van der Waals surface area contributed by atoms with Gasteiger partial charge in [-0.05, 0) is 29.3 Å². The lowest BCUT2D eigenvalue weighted by molar-refractivity contribution is -0.125. The highest BCUT2D eigenvalue weighted by atomic mass is 79.9. The van der Waals surface area contributed by atoms with E-state index >= 15 is 0 Å². The van der Waals surface area contributed by atoms with Crippen LogP contribution >= 0.6 is 15.9 Å². The highest BCUT2D eigenvalue weighted by Crippen LogP contribution is 2.33. The largest absolute Gasteiger partial charge is 0.369 e. The van der Waals surface area contributed by atoms with Crippen molar-refractivity contribution in [1.82, 2.24) is 9.97 Å². The minimum absolute atomic E-state index is 0.243. The third-order valence-corrected chi connectivity index (χ3v) is 4.01. The normalized spacial score (nSPS) is 23.1. The van der Waals surface area contributed by atoms with Crippen LogP contribution in [-0.2, 0) is 4.79 Å². The smallest absolute Gasteiger partial charge is 0.225 e. The van der Waals surface area contributed by atoms with Gasteiger partial charge in [0.25, 0.3) is 0 Å². The average Bonchev–Trinajstić information content (AvgIpc) is 2.72. The zero-order chi connectivity index (χ0) is 14.2. The number of nitrogens with two attached hydrogens (primary N) is 1. The fraction of sp³-hybridized carbons (Fsp3) is 0.615. The number of rotatable bonds is 3. The molecule has 1 unspecified atom stereocenters. The lowest BCUT2D eigenvalue weighted by Crippen LogP contribution is -2.37. The molecule has 6 heteroatoms. The molecule has 1 atom stereocenters. The Morgan fingerprint density at radius 3 is 2.74 bits per heavy atom. The fourth-order valence-corrected chi connectivity index (χ4v) is 2.59. The Balaban J connectivity index is 2.27. The Morgan fingerprint density at radius 2 is 2.21 bits per heavy atom. The molecule has 0 bridgehead atoms. The molecule has 104 valence electrons. The number of amides is 1. The summed E-state index contributed by atoms with van der Waals surface area (Å²) in [4.78, 5) is 22.5. The fourth-order valence-electron chi connectivity index (χ4n) is 2.20. The minimum atomic E-state index is -0.463. The number of hydrogen-bond acceptors (Lipinski definition) is 4. The number of carbonyl (C=O) groups excluding carboxylic acids is 1. The van der Waals surface area contributed by atoms with Gasteiger partial charge in [-0.3, -0.25) is 4.79 Å². The van der Waals surface area contributed by atoms with Crippen LogP contribution < -0.4 is 10.6 Å². The molecule has 1 aromatic rings. The quantitative estimate of drug-likeness (QED) is 0.863. The van der Waals surface area contributed by atoms with Crippen LogP contribution in [0.5, 0.6) is 0 Å². The first kappa shape index (κ1) is 14.2. The topological polar surface area (TPSA) is 72.1 Å². The van der Waals surface area contributed by atoms with Gasteiger partial charge < -0.3 is 10.6 Å². The van der Waals surface area contributed by atoms with Crippen LogP contribution in [0.15, 0.2) is 10.7 Å². The van der Waals surface area contributed by atoms with Crippen molar-refractivity contribution in [3.63, 3.8) is 0 Å². The first-order valence-corrected chi connectivity index (χ1v) is 7.20. The van der Waals surface area contributed by atoms with Gasteiger partial charge in [-0.1, -0.05) is 13.8 Å². The molecule has 19 heavy (non-hydrogen) atoms. The third kappa shape index (κ3) is 2.88. The van der Waals surface area contributed by atoms with E-state index in [-0.39, 0.29) is 11.8 Å². The molecule has 2 heterocycles. The second-order valence-electron chi connectivity index (χ2n) is 5.66.